The molecule has 4 heteroatoms. The Labute approximate surface area is 124 Å². The van der Waals surface area contributed by atoms with Crippen LogP contribution >= 0.6 is 50.7 Å². The van der Waals surface area contributed by atoms with Crippen LogP contribution in [-0.2, 0) is 0 Å². The highest BCUT2D eigenvalue weighted by Gasteiger charge is 2.16. The molecule has 0 bridgehead atoms. The van der Waals surface area contributed by atoms with E-state index in [9.17, 15) is 0 Å². The first-order valence-corrected chi connectivity index (χ1v) is 6.97. The Morgan fingerprint density at radius 3 is 2.18 bits per heavy atom. The van der Waals surface area contributed by atoms with Crippen LogP contribution in [0.4, 0.5) is 0 Å². The molecule has 2 rings (SSSR count). The third kappa shape index (κ3) is 2.79. The van der Waals surface area contributed by atoms with Crippen LogP contribution in [0.15, 0.2) is 46.9 Å². The van der Waals surface area contributed by atoms with Gasteiger partial charge in [-0.2, -0.15) is 0 Å². The van der Waals surface area contributed by atoms with Crippen LogP contribution in [0.25, 0.3) is 11.1 Å². The third-order valence-electron chi connectivity index (χ3n) is 2.44. The van der Waals surface area contributed by atoms with E-state index in [0.717, 1.165) is 21.2 Å². The average molecular weight is 350 g/mol. The number of alkyl halides is 2. The summed E-state index contributed by atoms with van der Waals surface area (Å²) < 4.78 is 0.880. The lowest BCUT2D eigenvalue weighted by Crippen LogP contribution is -1.91. The molecule has 0 aliphatic heterocycles. The van der Waals surface area contributed by atoms with Gasteiger partial charge in [0.05, 0.1) is 0 Å². The Bertz CT molecular complexity index is 538. The molecule has 0 amide bonds. The molecule has 0 aromatic heterocycles. The van der Waals surface area contributed by atoms with E-state index < -0.39 is 4.84 Å². The molecule has 0 aliphatic rings. The van der Waals surface area contributed by atoms with Crippen molar-refractivity contribution in [2.75, 3.05) is 0 Å². The van der Waals surface area contributed by atoms with Gasteiger partial charge in [-0.15, -0.1) is 0 Å². The zero-order valence-corrected chi connectivity index (χ0v) is 12.5. The minimum atomic E-state index is -0.600. The molecule has 0 saturated heterocycles. The van der Waals surface area contributed by atoms with E-state index in [4.69, 9.17) is 34.8 Å². The number of hydrogen-bond donors (Lipinski definition) is 0. The monoisotopic (exact) mass is 348 g/mol. The Hall–Kier alpha value is -0.210. The molecule has 0 aliphatic carbocycles. The zero-order valence-electron chi connectivity index (χ0n) is 8.63. The molecule has 88 valence electrons. The van der Waals surface area contributed by atoms with Gasteiger partial charge in [-0.05, 0) is 17.7 Å². The molecule has 17 heavy (non-hydrogen) atoms. The molecule has 0 nitrogen and oxygen atoms in total. The Balaban J connectivity index is 2.68. The predicted molar refractivity (Wildman–Crippen MR) is 79.0 cm³/mol. The molecule has 0 unspecified atom stereocenters. The minimum absolute atomic E-state index is 0.600. The van der Waals surface area contributed by atoms with Gasteiger partial charge in [0.2, 0.25) is 0 Å². The normalized spacial score (nSPS) is 10.9. The highest BCUT2D eigenvalue weighted by atomic mass is 79.9. The van der Waals surface area contributed by atoms with E-state index in [-0.39, 0.29) is 0 Å². The standard InChI is InChI=1S/C13H8BrCl3/c14-10-6-3-5-9(12(10)13(16)17)8-4-1-2-7-11(8)15/h1-7,13H. The van der Waals surface area contributed by atoms with Crippen molar-refractivity contribution in [2.24, 2.45) is 0 Å². The van der Waals surface area contributed by atoms with Crippen molar-refractivity contribution >= 4 is 50.7 Å². The molecule has 0 fully saturated rings. The van der Waals surface area contributed by atoms with Crippen LogP contribution in [-0.4, -0.2) is 0 Å². The number of hydrogen-bond acceptors (Lipinski definition) is 0. The van der Waals surface area contributed by atoms with Crippen molar-refractivity contribution in [3.8, 4) is 11.1 Å². The van der Waals surface area contributed by atoms with Crippen molar-refractivity contribution in [1.29, 1.82) is 0 Å². The first-order chi connectivity index (χ1) is 8.11. The van der Waals surface area contributed by atoms with E-state index in [1.54, 1.807) is 0 Å². The van der Waals surface area contributed by atoms with Gasteiger partial charge < -0.3 is 0 Å². The van der Waals surface area contributed by atoms with Crippen molar-refractivity contribution in [3.63, 3.8) is 0 Å². The fourth-order valence-corrected chi connectivity index (χ4v) is 3.24. The predicted octanol–water partition coefficient (Wildman–Crippen LogP) is 6.25. The summed E-state index contributed by atoms with van der Waals surface area (Å²) in [5.41, 5.74) is 2.71. The molecule has 0 heterocycles. The molecule has 2 aromatic rings. The second-order valence-electron chi connectivity index (χ2n) is 3.48. The van der Waals surface area contributed by atoms with Crippen molar-refractivity contribution in [3.05, 3.63) is 57.5 Å². The number of benzene rings is 2. The van der Waals surface area contributed by atoms with E-state index >= 15 is 0 Å². The molecule has 0 N–H and O–H groups in total. The van der Waals surface area contributed by atoms with Gasteiger partial charge in [-0.1, -0.05) is 81.1 Å². The van der Waals surface area contributed by atoms with Crippen molar-refractivity contribution in [1.82, 2.24) is 0 Å². The summed E-state index contributed by atoms with van der Waals surface area (Å²) in [7, 11) is 0. The van der Waals surface area contributed by atoms with Crippen molar-refractivity contribution < 1.29 is 0 Å². The molecular weight excluding hydrogens is 342 g/mol. The summed E-state index contributed by atoms with van der Waals surface area (Å²) in [5.74, 6) is 0. The maximum atomic E-state index is 6.19. The smallest absolute Gasteiger partial charge is 0.1000 e. The van der Waals surface area contributed by atoms with Gasteiger partial charge in [0.1, 0.15) is 4.84 Å². The SMILES string of the molecule is Clc1ccccc1-c1cccc(Br)c1C(Cl)Cl. The van der Waals surface area contributed by atoms with Crippen LogP contribution in [0.1, 0.15) is 10.4 Å². The number of rotatable bonds is 2. The van der Waals surface area contributed by atoms with E-state index in [2.05, 4.69) is 15.9 Å². The fourth-order valence-electron chi connectivity index (χ4n) is 1.67. The summed E-state index contributed by atoms with van der Waals surface area (Å²) in [4.78, 5) is -0.600. The summed E-state index contributed by atoms with van der Waals surface area (Å²) >= 11 is 21.7. The Kier molecular flexibility index (Phi) is 4.37. The molecule has 2 aromatic carbocycles. The van der Waals surface area contributed by atoms with E-state index in [1.807, 2.05) is 42.5 Å². The first-order valence-electron chi connectivity index (χ1n) is 4.92. The summed E-state index contributed by atoms with van der Waals surface area (Å²) in [5, 5.41) is 0.681. The lowest BCUT2D eigenvalue weighted by molar-refractivity contribution is 1.32. The van der Waals surface area contributed by atoms with Gasteiger partial charge in [0, 0.05) is 20.6 Å². The van der Waals surface area contributed by atoms with E-state index in [0.29, 0.717) is 5.02 Å². The maximum absolute atomic E-state index is 6.19. The highest BCUT2D eigenvalue weighted by Crippen LogP contribution is 2.40. The van der Waals surface area contributed by atoms with Crippen LogP contribution in [0.5, 0.6) is 0 Å². The van der Waals surface area contributed by atoms with Gasteiger partial charge in [0.15, 0.2) is 0 Å². The highest BCUT2D eigenvalue weighted by molar-refractivity contribution is 9.10. The molecular formula is C13H8BrCl3. The van der Waals surface area contributed by atoms with Crippen LogP contribution in [0.3, 0.4) is 0 Å². The first kappa shape index (κ1) is 13.2. The lowest BCUT2D eigenvalue weighted by Gasteiger charge is -2.13. The van der Waals surface area contributed by atoms with Gasteiger partial charge in [-0.25, -0.2) is 0 Å². The van der Waals surface area contributed by atoms with Crippen LogP contribution in [0, 0.1) is 0 Å². The lowest BCUT2D eigenvalue weighted by atomic mass is 10.0. The summed E-state index contributed by atoms with van der Waals surface area (Å²) in [6.45, 7) is 0. The molecule has 0 saturated carbocycles. The quantitative estimate of drug-likeness (QED) is 0.562. The van der Waals surface area contributed by atoms with Gasteiger partial charge >= 0.3 is 0 Å². The zero-order chi connectivity index (χ0) is 12.4. The van der Waals surface area contributed by atoms with E-state index in [1.165, 1.54) is 0 Å². The van der Waals surface area contributed by atoms with Crippen LogP contribution in [0.2, 0.25) is 5.02 Å². The average Bonchev–Trinajstić information content (AvgIpc) is 2.28. The molecule has 0 radical (unpaired) electrons. The van der Waals surface area contributed by atoms with Gasteiger partial charge in [-0.3, -0.25) is 0 Å². The minimum Gasteiger partial charge on any atom is -0.1000 e. The second-order valence-corrected chi connectivity index (χ2v) is 5.84. The Morgan fingerprint density at radius 1 is 0.882 bits per heavy atom. The topological polar surface area (TPSA) is 0 Å². The van der Waals surface area contributed by atoms with Gasteiger partial charge in [0.25, 0.3) is 0 Å². The molecule has 0 atom stereocenters. The summed E-state index contributed by atoms with van der Waals surface area (Å²) in [6.07, 6.45) is 0. The van der Waals surface area contributed by atoms with Crippen LogP contribution < -0.4 is 0 Å². The second kappa shape index (κ2) is 5.62. The summed E-state index contributed by atoms with van der Waals surface area (Å²) in [6, 6.07) is 13.4. The number of halogens is 4. The fraction of sp³-hybridized carbons (Fsp3) is 0.0769. The molecule has 0 spiro atoms. The van der Waals surface area contributed by atoms with Crippen molar-refractivity contribution in [2.45, 2.75) is 4.84 Å². The third-order valence-corrected chi connectivity index (χ3v) is 3.89. The maximum Gasteiger partial charge on any atom is 0.134 e. The Morgan fingerprint density at radius 2 is 1.53 bits per heavy atom. The largest absolute Gasteiger partial charge is 0.134 e.